The maximum Gasteiger partial charge on any atom is 0.425 e. The van der Waals surface area contributed by atoms with Crippen molar-refractivity contribution in [2.75, 3.05) is 11.6 Å². The van der Waals surface area contributed by atoms with Crippen LogP contribution in [0.5, 0.6) is 0 Å². The predicted molar refractivity (Wildman–Crippen MR) is 84.6 cm³/mol. The number of carbonyl (C=O) groups excluding carboxylic acids is 1. The summed E-state index contributed by atoms with van der Waals surface area (Å²) in [4.78, 5) is 16.5. The fraction of sp³-hybridized carbons (Fsp3) is 0.333. The van der Waals surface area contributed by atoms with Crippen LogP contribution < -0.4 is 5.32 Å². The number of aryl methyl sites for hydroxylation is 1. The molecule has 130 valence electrons. The minimum atomic E-state index is -5.05. The minimum absolute atomic E-state index is 0.358. The van der Waals surface area contributed by atoms with Crippen LogP contribution in [0.15, 0.2) is 41.6 Å². The molecular weight excluding hydrogens is 343 g/mol. The lowest BCUT2D eigenvalue weighted by Gasteiger charge is -2.29. The Bertz CT molecular complexity index is 733. The van der Waals surface area contributed by atoms with Crippen molar-refractivity contribution in [1.82, 2.24) is 9.55 Å². The summed E-state index contributed by atoms with van der Waals surface area (Å²) in [7, 11) is 1.32. The summed E-state index contributed by atoms with van der Waals surface area (Å²) in [5.41, 5.74) is -3.01. The van der Waals surface area contributed by atoms with Crippen molar-refractivity contribution in [2.24, 2.45) is 7.05 Å². The Morgan fingerprint density at radius 2 is 2.12 bits per heavy atom. The van der Waals surface area contributed by atoms with Gasteiger partial charge in [0.25, 0.3) is 0 Å². The summed E-state index contributed by atoms with van der Waals surface area (Å²) in [6.45, 7) is 0. The lowest BCUT2D eigenvalue weighted by Crippen LogP contribution is -2.46. The van der Waals surface area contributed by atoms with Crippen molar-refractivity contribution in [3.63, 3.8) is 0 Å². The van der Waals surface area contributed by atoms with Crippen LogP contribution in [0, 0.1) is 0 Å². The third-order valence-electron chi connectivity index (χ3n) is 3.43. The highest BCUT2D eigenvalue weighted by atomic mass is 32.2. The van der Waals surface area contributed by atoms with E-state index in [1.807, 2.05) is 6.26 Å². The Hall–Kier alpha value is -2.00. The minimum Gasteiger partial charge on any atom is -0.374 e. The van der Waals surface area contributed by atoms with E-state index in [-0.39, 0.29) is 0 Å². The van der Waals surface area contributed by atoms with E-state index < -0.39 is 29.9 Å². The number of anilines is 1. The van der Waals surface area contributed by atoms with E-state index in [1.54, 1.807) is 24.3 Å². The second-order valence-electron chi connectivity index (χ2n) is 5.18. The van der Waals surface area contributed by atoms with E-state index in [0.29, 0.717) is 5.69 Å². The Labute approximate surface area is 140 Å². The quantitative estimate of drug-likeness (QED) is 0.806. The number of aromatic nitrogens is 2. The van der Waals surface area contributed by atoms with E-state index in [9.17, 15) is 23.1 Å². The number of nitrogens with zero attached hydrogens (tertiary/aromatic N) is 2. The Kier molecular flexibility index (Phi) is 5.24. The number of hydrogen-bond acceptors (Lipinski definition) is 4. The molecule has 0 radical (unpaired) electrons. The molecule has 0 unspecified atom stereocenters. The molecular formula is C15H16F3N3O2S. The molecule has 1 atom stereocenters. The van der Waals surface area contributed by atoms with Crippen molar-refractivity contribution in [2.45, 2.75) is 23.1 Å². The van der Waals surface area contributed by atoms with Crippen LogP contribution in [0.4, 0.5) is 18.9 Å². The van der Waals surface area contributed by atoms with E-state index in [2.05, 4.69) is 10.3 Å². The highest BCUT2D eigenvalue weighted by Crippen LogP contribution is 2.40. The zero-order valence-corrected chi connectivity index (χ0v) is 13.8. The van der Waals surface area contributed by atoms with Gasteiger partial charge >= 0.3 is 6.18 Å². The van der Waals surface area contributed by atoms with Gasteiger partial charge < -0.3 is 15.0 Å². The van der Waals surface area contributed by atoms with E-state index in [4.69, 9.17) is 0 Å². The van der Waals surface area contributed by atoms with Gasteiger partial charge in [0.1, 0.15) is 0 Å². The van der Waals surface area contributed by atoms with Gasteiger partial charge in [0, 0.05) is 30.0 Å². The highest BCUT2D eigenvalue weighted by molar-refractivity contribution is 7.98. The number of hydrogen-bond donors (Lipinski definition) is 2. The second kappa shape index (κ2) is 6.86. The van der Waals surface area contributed by atoms with Crippen LogP contribution in [0.2, 0.25) is 0 Å². The van der Waals surface area contributed by atoms with Gasteiger partial charge in [0.05, 0.1) is 6.42 Å². The standard InChI is InChI=1S/C15H16F3N3O2S/c1-21-7-6-19-13(21)14(23,15(16,17)18)9-12(22)20-10-4-3-5-11(8-10)24-2/h3-8,23H,9H2,1-2H3,(H,20,22)/t14-/m1/s1. The number of halogens is 3. The van der Waals surface area contributed by atoms with Gasteiger partial charge in [-0.15, -0.1) is 11.8 Å². The maximum absolute atomic E-state index is 13.4. The fourth-order valence-electron chi connectivity index (χ4n) is 2.21. The molecule has 5 nitrogen and oxygen atoms in total. The molecule has 0 bridgehead atoms. The normalized spacial score (nSPS) is 14.2. The van der Waals surface area contributed by atoms with Gasteiger partial charge in [-0.1, -0.05) is 6.07 Å². The molecule has 0 spiro atoms. The Balaban J connectivity index is 2.24. The zero-order chi connectivity index (χ0) is 18.0. The largest absolute Gasteiger partial charge is 0.425 e. The number of carbonyl (C=O) groups is 1. The van der Waals surface area contributed by atoms with Crippen molar-refractivity contribution in [3.05, 3.63) is 42.5 Å². The first-order valence-electron chi connectivity index (χ1n) is 6.88. The Morgan fingerprint density at radius 3 is 2.67 bits per heavy atom. The maximum atomic E-state index is 13.4. The molecule has 0 aliphatic heterocycles. The van der Waals surface area contributed by atoms with E-state index in [1.165, 1.54) is 25.0 Å². The van der Waals surface area contributed by atoms with Crippen molar-refractivity contribution in [3.8, 4) is 0 Å². The molecule has 2 aromatic rings. The van der Waals surface area contributed by atoms with Crippen LogP contribution in [0.3, 0.4) is 0 Å². The number of nitrogens with one attached hydrogen (secondary N) is 1. The topological polar surface area (TPSA) is 67.2 Å². The number of benzene rings is 1. The van der Waals surface area contributed by atoms with Gasteiger partial charge in [0.2, 0.25) is 11.5 Å². The lowest BCUT2D eigenvalue weighted by atomic mass is 9.97. The molecule has 1 heterocycles. The molecule has 0 aliphatic rings. The van der Waals surface area contributed by atoms with Crippen molar-refractivity contribution < 1.29 is 23.1 Å². The molecule has 2 N–H and O–H groups in total. The van der Waals surface area contributed by atoms with Gasteiger partial charge in [-0.3, -0.25) is 4.79 Å². The average molecular weight is 359 g/mol. The lowest BCUT2D eigenvalue weighted by molar-refractivity contribution is -0.270. The van der Waals surface area contributed by atoms with Crippen LogP contribution in [0.25, 0.3) is 0 Å². The monoisotopic (exact) mass is 359 g/mol. The summed E-state index contributed by atoms with van der Waals surface area (Å²) >= 11 is 1.43. The second-order valence-corrected chi connectivity index (χ2v) is 6.06. The SMILES string of the molecule is CSc1cccc(NC(=O)C[C@@](O)(c2nccn2C)C(F)(F)F)c1. The smallest absolute Gasteiger partial charge is 0.374 e. The molecule has 0 fully saturated rings. The Morgan fingerprint density at radius 1 is 1.42 bits per heavy atom. The summed E-state index contributed by atoms with van der Waals surface area (Å²) < 4.78 is 41.2. The third-order valence-corrected chi connectivity index (χ3v) is 4.16. The van der Waals surface area contributed by atoms with Gasteiger partial charge in [-0.05, 0) is 24.5 Å². The van der Waals surface area contributed by atoms with Crippen LogP contribution in [0.1, 0.15) is 12.2 Å². The number of alkyl halides is 3. The first-order chi connectivity index (χ1) is 11.2. The molecule has 0 saturated carbocycles. The predicted octanol–water partition coefficient (Wildman–Crippen LogP) is 2.92. The van der Waals surface area contributed by atoms with E-state index >= 15 is 0 Å². The summed E-state index contributed by atoms with van der Waals surface area (Å²) in [5.74, 6) is -1.60. The molecule has 1 aromatic heterocycles. The zero-order valence-electron chi connectivity index (χ0n) is 13.0. The number of amides is 1. The first-order valence-corrected chi connectivity index (χ1v) is 8.10. The molecule has 24 heavy (non-hydrogen) atoms. The van der Waals surface area contributed by atoms with Crippen molar-refractivity contribution in [1.29, 1.82) is 0 Å². The molecule has 9 heteroatoms. The van der Waals surface area contributed by atoms with Crippen LogP contribution >= 0.6 is 11.8 Å². The van der Waals surface area contributed by atoms with Crippen LogP contribution in [-0.2, 0) is 17.4 Å². The number of aliphatic hydroxyl groups is 1. The summed E-state index contributed by atoms with van der Waals surface area (Å²) in [6.07, 6.45) is -2.00. The van der Waals surface area contributed by atoms with E-state index in [0.717, 1.165) is 15.7 Å². The highest BCUT2D eigenvalue weighted by Gasteiger charge is 2.58. The molecule has 1 aromatic carbocycles. The van der Waals surface area contributed by atoms with Crippen molar-refractivity contribution >= 4 is 23.4 Å². The summed E-state index contributed by atoms with van der Waals surface area (Å²) in [5, 5.41) is 12.5. The molecule has 2 rings (SSSR count). The number of imidazole rings is 1. The number of thioether (sulfide) groups is 1. The first kappa shape index (κ1) is 18.3. The van der Waals surface area contributed by atoms with Gasteiger partial charge in [0.15, 0.2) is 5.82 Å². The number of rotatable bonds is 5. The summed E-state index contributed by atoms with van der Waals surface area (Å²) in [6, 6.07) is 6.68. The molecule has 1 amide bonds. The van der Waals surface area contributed by atoms with Gasteiger partial charge in [-0.25, -0.2) is 4.98 Å². The van der Waals surface area contributed by atoms with Crippen LogP contribution in [-0.4, -0.2) is 33.0 Å². The van der Waals surface area contributed by atoms with Gasteiger partial charge in [-0.2, -0.15) is 13.2 Å². The fourth-order valence-corrected chi connectivity index (χ4v) is 2.67. The average Bonchev–Trinajstić information content (AvgIpc) is 2.92. The third kappa shape index (κ3) is 3.73. The molecule has 0 saturated heterocycles. The molecule has 0 aliphatic carbocycles.